The van der Waals surface area contributed by atoms with Crippen molar-refractivity contribution in [2.75, 3.05) is 0 Å². The van der Waals surface area contributed by atoms with Gasteiger partial charge < -0.3 is 0 Å². The molecule has 0 atom stereocenters. The molecule has 0 fully saturated rings. The van der Waals surface area contributed by atoms with E-state index in [0.717, 1.165) is 6.42 Å². The number of hydrogen-bond acceptors (Lipinski definition) is 0. The van der Waals surface area contributed by atoms with E-state index in [-0.39, 0.29) is 0 Å². The highest BCUT2D eigenvalue weighted by atomic mass is 13.9. The van der Waals surface area contributed by atoms with E-state index in [2.05, 4.69) is 60.8 Å². The Morgan fingerprint density at radius 3 is 1.71 bits per heavy atom. The Balaban J connectivity index is 2.45. The van der Waals surface area contributed by atoms with Crippen LogP contribution in [0.25, 0.3) is 0 Å². The molecule has 0 radical (unpaired) electrons. The topological polar surface area (TPSA) is 0 Å². The fourth-order valence-corrected chi connectivity index (χ4v) is 1.22. The minimum atomic E-state index is 1.01. The molecule has 14 heavy (non-hydrogen) atoms. The van der Waals surface area contributed by atoms with E-state index < -0.39 is 0 Å². The second kappa shape index (κ2) is 8.31. The fraction of sp³-hybridized carbons (Fsp3) is 0.286. The van der Waals surface area contributed by atoms with Gasteiger partial charge in [-0.05, 0) is 25.7 Å². The lowest BCUT2D eigenvalue weighted by Gasteiger charge is -1.89. The van der Waals surface area contributed by atoms with Gasteiger partial charge in [-0.1, -0.05) is 60.8 Å². The first-order valence-electron chi connectivity index (χ1n) is 5.30. The van der Waals surface area contributed by atoms with Gasteiger partial charge in [0.05, 0.1) is 0 Å². The second-order valence-electron chi connectivity index (χ2n) is 3.26. The summed E-state index contributed by atoms with van der Waals surface area (Å²) in [7, 11) is 0. The lowest BCUT2D eigenvalue weighted by Crippen LogP contribution is -1.68. The summed E-state index contributed by atoms with van der Waals surface area (Å²) < 4.78 is 0. The predicted molar refractivity (Wildman–Crippen MR) is 64.2 cm³/mol. The van der Waals surface area contributed by atoms with Crippen LogP contribution in [-0.4, -0.2) is 0 Å². The van der Waals surface area contributed by atoms with Crippen LogP contribution in [0.4, 0.5) is 0 Å². The van der Waals surface area contributed by atoms with Crippen LogP contribution in [0.15, 0.2) is 60.8 Å². The quantitative estimate of drug-likeness (QED) is 0.528. The zero-order valence-electron chi connectivity index (χ0n) is 8.60. The SMILES string of the molecule is C1=CCCC/C=C\C=C\C/C=C/C=C\1. The molecule has 0 nitrogen and oxygen atoms in total. The molecule has 0 heteroatoms. The second-order valence-corrected chi connectivity index (χ2v) is 3.26. The van der Waals surface area contributed by atoms with Gasteiger partial charge in [-0.15, -0.1) is 0 Å². The molecule has 0 N–H and O–H groups in total. The fourth-order valence-electron chi connectivity index (χ4n) is 1.22. The van der Waals surface area contributed by atoms with Gasteiger partial charge in [0.15, 0.2) is 0 Å². The molecular weight excluding hydrogens is 168 g/mol. The summed E-state index contributed by atoms with van der Waals surface area (Å²) in [6.07, 6.45) is 26.0. The van der Waals surface area contributed by atoms with E-state index in [0.29, 0.717) is 0 Å². The normalized spacial score (nSPS) is 27.4. The largest absolute Gasteiger partial charge is 0.0845 e. The predicted octanol–water partition coefficient (Wildman–Crippen LogP) is 4.34. The van der Waals surface area contributed by atoms with Crippen LogP contribution in [0.5, 0.6) is 0 Å². The summed E-state index contributed by atoms with van der Waals surface area (Å²) in [4.78, 5) is 0. The van der Waals surface area contributed by atoms with Crippen molar-refractivity contribution >= 4 is 0 Å². The van der Waals surface area contributed by atoms with Crippen molar-refractivity contribution in [3.8, 4) is 0 Å². The third-order valence-corrected chi connectivity index (χ3v) is 2.00. The van der Waals surface area contributed by atoms with Gasteiger partial charge in [-0.25, -0.2) is 0 Å². The zero-order valence-corrected chi connectivity index (χ0v) is 8.60. The lowest BCUT2D eigenvalue weighted by molar-refractivity contribution is 0.868. The van der Waals surface area contributed by atoms with Crippen molar-refractivity contribution in [3.05, 3.63) is 60.8 Å². The van der Waals surface area contributed by atoms with Crippen LogP contribution in [0.2, 0.25) is 0 Å². The maximum atomic E-state index is 2.23. The van der Waals surface area contributed by atoms with Crippen molar-refractivity contribution in [2.45, 2.75) is 25.7 Å². The lowest BCUT2D eigenvalue weighted by atomic mass is 10.2. The minimum Gasteiger partial charge on any atom is -0.0845 e. The Kier molecular flexibility index (Phi) is 6.39. The summed E-state index contributed by atoms with van der Waals surface area (Å²) in [5.41, 5.74) is 0. The summed E-state index contributed by atoms with van der Waals surface area (Å²) in [5.74, 6) is 0. The van der Waals surface area contributed by atoms with Gasteiger partial charge in [-0.2, -0.15) is 0 Å². The van der Waals surface area contributed by atoms with Crippen molar-refractivity contribution in [2.24, 2.45) is 0 Å². The summed E-state index contributed by atoms with van der Waals surface area (Å²) in [5, 5.41) is 0. The highest BCUT2D eigenvalue weighted by molar-refractivity contribution is 5.13. The van der Waals surface area contributed by atoms with Gasteiger partial charge in [0.2, 0.25) is 0 Å². The van der Waals surface area contributed by atoms with E-state index in [4.69, 9.17) is 0 Å². The van der Waals surface area contributed by atoms with E-state index >= 15 is 0 Å². The third-order valence-electron chi connectivity index (χ3n) is 2.00. The molecule has 0 saturated heterocycles. The summed E-state index contributed by atoms with van der Waals surface area (Å²) >= 11 is 0. The standard InChI is InChI=1S/C14H18/c1-2-4-6-8-10-12-14-13-11-9-7-5-3-1/h1-6,9,11,13-14H,7-8,10,12H2/b2-1-,5-3+,6-4?,11-9+,14-13-. The molecule has 0 aromatic heterocycles. The number of rotatable bonds is 0. The van der Waals surface area contributed by atoms with Crippen LogP contribution in [-0.2, 0) is 0 Å². The third kappa shape index (κ3) is 6.24. The number of allylic oxidation sites excluding steroid dienone is 10. The Labute approximate surface area is 87.0 Å². The first-order chi connectivity index (χ1) is 7.00. The first-order valence-corrected chi connectivity index (χ1v) is 5.30. The average molecular weight is 186 g/mol. The molecule has 0 spiro atoms. The Morgan fingerprint density at radius 1 is 0.500 bits per heavy atom. The average Bonchev–Trinajstić information content (AvgIpc) is 2.22. The van der Waals surface area contributed by atoms with Crippen LogP contribution in [0.3, 0.4) is 0 Å². The summed E-state index contributed by atoms with van der Waals surface area (Å²) in [6.45, 7) is 0. The summed E-state index contributed by atoms with van der Waals surface area (Å²) in [6, 6.07) is 0. The molecule has 0 unspecified atom stereocenters. The maximum absolute atomic E-state index is 2.23. The Hall–Kier alpha value is -1.30. The van der Waals surface area contributed by atoms with E-state index in [9.17, 15) is 0 Å². The van der Waals surface area contributed by atoms with Gasteiger partial charge in [-0.3, -0.25) is 0 Å². The minimum absolute atomic E-state index is 1.01. The molecular formula is C14H18. The molecule has 1 rings (SSSR count). The molecule has 0 heterocycles. The van der Waals surface area contributed by atoms with Gasteiger partial charge in [0.1, 0.15) is 0 Å². The number of hydrogen-bond donors (Lipinski definition) is 0. The molecule has 74 valence electrons. The molecule has 0 aromatic carbocycles. The Morgan fingerprint density at radius 2 is 1.00 bits per heavy atom. The van der Waals surface area contributed by atoms with E-state index in [1.54, 1.807) is 0 Å². The molecule has 1 aliphatic carbocycles. The Bertz CT molecular complexity index is 262. The highest BCUT2D eigenvalue weighted by Gasteiger charge is 1.79. The van der Waals surface area contributed by atoms with Gasteiger partial charge in [0, 0.05) is 0 Å². The molecule has 0 amide bonds. The molecule has 1 aliphatic rings. The van der Waals surface area contributed by atoms with E-state index in [1.807, 2.05) is 0 Å². The van der Waals surface area contributed by atoms with Crippen molar-refractivity contribution in [3.63, 3.8) is 0 Å². The molecule has 0 aliphatic heterocycles. The van der Waals surface area contributed by atoms with Crippen molar-refractivity contribution < 1.29 is 0 Å². The molecule has 0 aromatic rings. The van der Waals surface area contributed by atoms with Gasteiger partial charge >= 0.3 is 0 Å². The smallest absolute Gasteiger partial charge is 0.0163 e. The van der Waals surface area contributed by atoms with Crippen LogP contribution in [0, 0.1) is 0 Å². The van der Waals surface area contributed by atoms with Crippen LogP contribution in [0.1, 0.15) is 25.7 Å². The van der Waals surface area contributed by atoms with Crippen molar-refractivity contribution in [1.29, 1.82) is 0 Å². The van der Waals surface area contributed by atoms with Crippen LogP contribution >= 0.6 is 0 Å². The monoisotopic (exact) mass is 186 g/mol. The molecule has 0 saturated carbocycles. The van der Waals surface area contributed by atoms with Crippen LogP contribution < -0.4 is 0 Å². The molecule has 0 bridgehead atoms. The van der Waals surface area contributed by atoms with Gasteiger partial charge in [0.25, 0.3) is 0 Å². The van der Waals surface area contributed by atoms with Crippen molar-refractivity contribution in [1.82, 2.24) is 0 Å². The highest BCUT2D eigenvalue weighted by Crippen LogP contribution is 1.99. The maximum Gasteiger partial charge on any atom is -0.0163 e. The van der Waals surface area contributed by atoms with E-state index in [1.165, 1.54) is 19.3 Å². The first kappa shape index (κ1) is 10.8. The zero-order chi connectivity index (χ0) is 9.90.